The Hall–Kier alpha value is -1.32. The van der Waals surface area contributed by atoms with E-state index in [1.54, 1.807) is 0 Å². The van der Waals surface area contributed by atoms with Gasteiger partial charge < -0.3 is 10.2 Å². The van der Waals surface area contributed by atoms with E-state index in [0.717, 1.165) is 61.8 Å². The van der Waals surface area contributed by atoms with Crippen LogP contribution in [0, 0.1) is 11.8 Å². The average Bonchev–Trinajstić information content (AvgIpc) is 2.94. The van der Waals surface area contributed by atoms with Crippen molar-refractivity contribution in [2.24, 2.45) is 11.8 Å². The van der Waals surface area contributed by atoms with Crippen LogP contribution in [0.4, 0.5) is 11.6 Å². The van der Waals surface area contributed by atoms with Crippen molar-refractivity contribution in [3.8, 4) is 0 Å². The molecule has 0 bridgehead atoms. The molecule has 4 nitrogen and oxygen atoms in total. The number of aromatic nitrogens is 2. The average molecular weight is 276 g/mol. The Kier molecular flexibility index (Phi) is 5.21. The zero-order valence-corrected chi connectivity index (χ0v) is 13.3. The van der Waals surface area contributed by atoms with E-state index in [1.807, 2.05) is 0 Å². The van der Waals surface area contributed by atoms with Crippen LogP contribution in [-0.4, -0.2) is 29.6 Å². The standard InChI is InChI=1S/C16H28N4/c1-5-8-17-15-10-16(19-14(6-2)18-15)20-9-7-13(11-20)12(3)4/h10,12-13H,5-9,11H2,1-4H3,(H,17,18,19). The van der Waals surface area contributed by atoms with Gasteiger partial charge in [-0.25, -0.2) is 9.97 Å². The number of aryl methyl sites for hydroxylation is 1. The highest BCUT2D eigenvalue weighted by Crippen LogP contribution is 2.28. The lowest BCUT2D eigenvalue weighted by Gasteiger charge is -2.20. The van der Waals surface area contributed by atoms with Gasteiger partial charge >= 0.3 is 0 Å². The highest BCUT2D eigenvalue weighted by molar-refractivity contribution is 5.50. The molecule has 1 unspecified atom stereocenters. The van der Waals surface area contributed by atoms with Gasteiger partial charge in [-0.1, -0.05) is 27.7 Å². The van der Waals surface area contributed by atoms with E-state index >= 15 is 0 Å². The molecule has 0 spiro atoms. The number of rotatable bonds is 6. The fourth-order valence-electron chi connectivity index (χ4n) is 2.69. The molecule has 1 fully saturated rings. The van der Waals surface area contributed by atoms with Crippen molar-refractivity contribution in [3.05, 3.63) is 11.9 Å². The second kappa shape index (κ2) is 6.91. The van der Waals surface area contributed by atoms with Crippen LogP contribution in [-0.2, 0) is 6.42 Å². The highest BCUT2D eigenvalue weighted by atomic mass is 15.2. The van der Waals surface area contributed by atoms with Crippen LogP contribution in [0.2, 0.25) is 0 Å². The SMILES string of the molecule is CCCNc1cc(N2CCC(C(C)C)C2)nc(CC)n1. The lowest BCUT2D eigenvalue weighted by Crippen LogP contribution is -2.23. The van der Waals surface area contributed by atoms with Crippen molar-refractivity contribution in [1.29, 1.82) is 0 Å². The Labute approximate surface area is 123 Å². The Morgan fingerprint density at radius 3 is 2.75 bits per heavy atom. The first-order valence-electron chi connectivity index (χ1n) is 8.00. The summed E-state index contributed by atoms with van der Waals surface area (Å²) in [6.45, 7) is 12.1. The molecule has 4 heteroatoms. The summed E-state index contributed by atoms with van der Waals surface area (Å²) < 4.78 is 0. The lowest BCUT2D eigenvalue weighted by molar-refractivity contribution is 0.422. The highest BCUT2D eigenvalue weighted by Gasteiger charge is 2.26. The molecule has 1 saturated heterocycles. The van der Waals surface area contributed by atoms with Crippen LogP contribution in [0.5, 0.6) is 0 Å². The second-order valence-electron chi connectivity index (χ2n) is 6.05. The van der Waals surface area contributed by atoms with Crippen LogP contribution < -0.4 is 10.2 Å². The minimum absolute atomic E-state index is 0.755. The van der Waals surface area contributed by atoms with E-state index < -0.39 is 0 Å². The zero-order valence-electron chi connectivity index (χ0n) is 13.3. The predicted octanol–water partition coefficient (Wildman–Crippen LogP) is 3.34. The number of nitrogens with zero attached hydrogens (tertiary/aromatic N) is 3. The van der Waals surface area contributed by atoms with Crippen molar-refractivity contribution in [3.63, 3.8) is 0 Å². The summed E-state index contributed by atoms with van der Waals surface area (Å²) in [6.07, 6.45) is 3.27. The van der Waals surface area contributed by atoms with E-state index in [2.05, 4.69) is 49.0 Å². The molecule has 1 aliphatic rings. The second-order valence-corrected chi connectivity index (χ2v) is 6.05. The first-order chi connectivity index (χ1) is 9.63. The lowest BCUT2D eigenvalue weighted by atomic mass is 9.95. The monoisotopic (exact) mass is 276 g/mol. The molecule has 2 rings (SSSR count). The van der Waals surface area contributed by atoms with E-state index in [0.29, 0.717) is 0 Å². The maximum Gasteiger partial charge on any atom is 0.134 e. The van der Waals surface area contributed by atoms with Gasteiger partial charge in [0.2, 0.25) is 0 Å². The summed E-state index contributed by atoms with van der Waals surface area (Å²) in [5.41, 5.74) is 0. The molecule has 1 aliphatic heterocycles. The Morgan fingerprint density at radius 2 is 2.15 bits per heavy atom. The Morgan fingerprint density at radius 1 is 1.35 bits per heavy atom. The van der Waals surface area contributed by atoms with Crippen LogP contribution in [0.25, 0.3) is 0 Å². The molecule has 1 aromatic heterocycles. The number of nitrogens with one attached hydrogen (secondary N) is 1. The summed E-state index contributed by atoms with van der Waals surface area (Å²) in [7, 11) is 0. The van der Waals surface area contributed by atoms with Crippen molar-refractivity contribution in [2.75, 3.05) is 29.9 Å². The minimum Gasteiger partial charge on any atom is -0.370 e. The van der Waals surface area contributed by atoms with Gasteiger partial charge in [0.25, 0.3) is 0 Å². The third-order valence-corrected chi connectivity index (χ3v) is 4.12. The first-order valence-corrected chi connectivity index (χ1v) is 8.00. The fourth-order valence-corrected chi connectivity index (χ4v) is 2.69. The van der Waals surface area contributed by atoms with Crippen LogP contribution in [0.3, 0.4) is 0 Å². The summed E-state index contributed by atoms with van der Waals surface area (Å²) in [4.78, 5) is 11.7. The van der Waals surface area contributed by atoms with Crippen LogP contribution in [0.15, 0.2) is 6.07 Å². The van der Waals surface area contributed by atoms with Gasteiger partial charge in [0.15, 0.2) is 0 Å². The molecule has 0 radical (unpaired) electrons. The molecule has 1 N–H and O–H groups in total. The molecule has 112 valence electrons. The summed E-state index contributed by atoms with van der Waals surface area (Å²) >= 11 is 0. The largest absolute Gasteiger partial charge is 0.370 e. The third-order valence-electron chi connectivity index (χ3n) is 4.12. The molecule has 1 aromatic rings. The molecule has 0 saturated carbocycles. The van der Waals surface area contributed by atoms with Gasteiger partial charge in [0.1, 0.15) is 17.5 Å². The van der Waals surface area contributed by atoms with E-state index in [1.165, 1.54) is 6.42 Å². The molecule has 20 heavy (non-hydrogen) atoms. The molecule has 0 aromatic carbocycles. The third kappa shape index (κ3) is 3.62. The molecule has 0 amide bonds. The quantitative estimate of drug-likeness (QED) is 0.865. The van der Waals surface area contributed by atoms with Gasteiger partial charge in [-0.05, 0) is 24.7 Å². The van der Waals surface area contributed by atoms with Gasteiger partial charge in [-0.3, -0.25) is 0 Å². The summed E-state index contributed by atoms with van der Waals surface area (Å²) in [5, 5.41) is 3.39. The van der Waals surface area contributed by atoms with Crippen molar-refractivity contribution < 1.29 is 0 Å². The Bertz CT molecular complexity index is 430. The number of hydrogen-bond donors (Lipinski definition) is 1. The smallest absolute Gasteiger partial charge is 0.134 e. The fraction of sp³-hybridized carbons (Fsp3) is 0.750. The van der Waals surface area contributed by atoms with E-state index in [9.17, 15) is 0 Å². The van der Waals surface area contributed by atoms with Gasteiger partial charge in [-0.2, -0.15) is 0 Å². The minimum atomic E-state index is 0.755. The van der Waals surface area contributed by atoms with Gasteiger partial charge in [0, 0.05) is 32.1 Å². The maximum absolute atomic E-state index is 4.71. The molecular weight excluding hydrogens is 248 g/mol. The number of anilines is 2. The van der Waals surface area contributed by atoms with Gasteiger partial charge in [0.05, 0.1) is 0 Å². The maximum atomic E-state index is 4.71. The van der Waals surface area contributed by atoms with E-state index in [4.69, 9.17) is 4.98 Å². The van der Waals surface area contributed by atoms with Crippen molar-refractivity contribution >= 4 is 11.6 Å². The summed E-state index contributed by atoms with van der Waals surface area (Å²) in [5.74, 6) is 4.56. The van der Waals surface area contributed by atoms with Crippen LogP contribution in [0.1, 0.15) is 46.4 Å². The molecule has 0 aliphatic carbocycles. The van der Waals surface area contributed by atoms with Crippen molar-refractivity contribution in [2.45, 2.75) is 47.0 Å². The zero-order chi connectivity index (χ0) is 14.5. The molecule has 1 atom stereocenters. The normalized spacial score (nSPS) is 18.9. The van der Waals surface area contributed by atoms with Crippen molar-refractivity contribution in [1.82, 2.24) is 9.97 Å². The Balaban J connectivity index is 2.14. The first kappa shape index (κ1) is 15.1. The van der Waals surface area contributed by atoms with E-state index in [-0.39, 0.29) is 0 Å². The summed E-state index contributed by atoms with van der Waals surface area (Å²) in [6, 6.07) is 2.11. The van der Waals surface area contributed by atoms with Gasteiger partial charge in [-0.15, -0.1) is 0 Å². The topological polar surface area (TPSA) is 41.0 Å². The molecule has 2 heterocycles. The number of hydrogen-bond acceptors (Lipinski definition) is 4. The molecular formula is C16H28N4. The van der Waals surface area contributed by atoms with Crippen LogP contribution >= 0.6 is 0 Å². The predicted molar refractivity (Wildman–Crippen MR) is 85.3 cm³/mol.